The van der Waals surface area contributed by atoms with Crippen molar-refractivity contribution >= 4 is 32.2 Å². The zero-order chi connectivity index (χ0) is 25.1. The number of rotatable bonds is 17. The lowest BCUT2D eigenvalue weighted by Gasteiger charge is -2.22. The molecule has 0 spiro atoms. The predicted molar refractivity (Wildman–Crippen MR) is 119 cm³/mol. The van der Waals surface area contributed by atoms with Crippen LogP contribution < -0.4 is 0 Å². The number of carbonyl (C=O) groups is 2. The van der Waals surface area contributed by atoms with E-state index in [1.165, 1.54) is 34.8 Å². The fraction of sp³-hybridized carbons (Fsp3) is 0.900. The minimum absolute atomic E-state index is 0.264. The third-order valence-corrected chi connectivity index (χ3v) is 7.04. The summed E-state index contributed by atoms with van der Waals surface area (Å²) in [6.45, 7) is 7.44. The maximum Gasteiger partial charge on any atom is 0.313 e. The molecule has 0 saturated carbocycles. The smallest absolute Gasteiger partial charge is 0.313 e. The lowest BCUT2D eigenvalue weighted by Crippen LogP contribution is -2.33. The Bertz CT molecular complexity index is 798. The zero-order valence-corrected chi connectivity index (χ0v) is 21.6. The molecule has 0 radical (unpaired) electrons. The van der Waals surface area contributed by atoms with Crippen LogP contribution in [0.4, 0.5) is 0 Å². The first-order valence-electron chi connectivity index (χ1n) is 10.6. The third-order valence-electron chi connectivity index (χ3n) is 4.51. The van der Waals surface area contributed by atoms with Gasteiger partial charge in [-0.3, -0.25) is 18.0 Å². The van der Waals surface area contributed by atoms with E-state index in [0.717, 1.165) is 25.7 Å². The van der Waals surface area contributed by atoms with Crippen LogP contribution in [0.25, 0.3) is 0 Å². The molecule has 0 amide bonds. The van der Waals surface area contributed by atoms with Crippen LogP contribution in [0.3, 0.4) is 0 Å². The Morgan fingerprint density at radius 1 is 0.719 bits per heavy atom. The van der Waals surface area contributed by atoms with Crippen molar-refractivity contribution in [3.05, 3.63) is 0 Å². The van der Waals surface area contributed by atoms with E-state index >= 15 is 0 Å². The molecule has 32 heavy (non-hydrogen) atoms. The van der Waals surface area contributed by atoms with Gasteiger partial charge in [-0.1, -0.05) is 26.2 Å². The highest BCUT2D eigenvalue weighted by Crippen LogP contribution is 2.21. The average molecular weight is 503 g/mol. The molecule has 0 heterocycles. The van der Waals surface area contributed by atoms with Crippen molar-refractivity contribution in [1.29, 1.82) is 0 Å². The normalized spacial score (nSPS) is 13.1. The molecule has 0 aromatic carbocycles. The summed E-state index contributed by atoms with van der Waals surface area (Å²) >= 11 is 0. The lowest BCUT2D eigenvalue weighted by atomic mass is 9.95. The van der Waals surface area contributed by atoms with Crippen LogP contribution in [0.5, 0.6) is 0 Å². The van der Waals surface area contributed by atoms with Crippen molar-refractivity contribution in [1.82, 2.24) is 0 Å². The van der Waals surface area contributed by atoms with Crippen molar-refractivity contribution in [3.8, 4) is 0 Å². The maximum absolute atomic E-state index is 12.2. The molecule has 0 aliphatic carbocycles. The first kappa shape index (κ1) is 30.8. The maximum atomic E-state index is 12.2. The highest BCUT2D eigenvalue weighted by molar-refractivity contribution is 7.87. The SMILES string of the molecule is CCCCCCOC(=O)C(C)(C)COS(=O)(=O)CCCS(=O)(=O)OCC(C)(C)C(=O)OC. The fourth-order valence-corrected chi connectivity index (χ4v) is 4.65. The topological polar surface area (TPSA) is 139 Å². The summed E-state index contributed by atoms with van der Waals surface area (Å²) in [6.07, 6.45) is 3.52. The molecule has 0 aliphatic heterocycles. The Hall–Kier alpha value is -1.24. The first-order chi connectivity index (χ1) is 14.6. The van der Waals surface area contributed by atoms with Gasteiger partial charge in [-0.25, -0.2) is 0 Å². The summed E-state index contributed by atoms with van der Waals surface area (Å²) < 4.78 is 67.6. The van der Waals surface area contributed by atoms with Crippen LogP contribution in [-0.4, -0.2) is 67.2 Å². The molecule has 10 nitrogen and oxygen atoms in total. The summed E-state index contributed by atoms with van der Waals surface area (Å²) in [4.78, 5) is 23.7. The molecule has 0 bridgehead atoms. The number of carbonyl (C=O) groups excluding carboxylic acids is 2. The van der Waals surface area contributed by atoms with Gasteiger partial charge in [0, 0.05) is 0 Å². The molecule has 0 aromatic rings. The van der Waals surface area contributed by atoms with E-state index in [2.05, 4.69) is 11.7 Å². The Morgan fingerprint density at radius 3 is 1.62 bits per heavy atom. The number of hydrogen-bond acceptors (Lipinski definition) is 10. The fourth-order valence-electron chi connectivity index (χ4n) is 2.29. The summed E-state index contributed by atoms with van der Waals surface area (Å²) in [7, 11) is -6.94. The van der Waals surface area contributed by atoms with Crippen molar-refractivity contribution in [3.63, 3.8) is 0 Å². The van der Waals surface area contributed by atoms with Gasteiger partial charge in [0.15, 0.2) is 0 Å². The van der Waals surface area contributed by atoms with E-state index in [1.54, 1.807) is 0 Å². The molecule has 0 fully saturated rings. The van der Waals surface area contributed by atoms with Crippen LogP contribution in [0.2, 0.25) is 0 Å². The number of methoxy groups -OCH3 is 1. The number of ether oxygens (including phenoxy) is 2. The van der Waals surface area contributed by atoms with Gasteiger partial charge in [-0.2, -0.15) is 16.8 Å². The van der Waals surface area contributed by atoms with E-state index in [4.69, 9.17) is 13.1 Å². The Labute approximate surface area is 192 Å². The average Bonchev–Trinajstić information content (AvgIpc) is 2.70. The quantitative estimate of drug-likeness (QED) is 0.165. The largest absolute Gasteiger partial charge is 0.469 e. The monoisotopic (exact) mass is 502 g/mol. The van der Waals surface area contributed by atoms with E-state index in [1.807, 2.05) is 0 Å². The second-order valence-corrected chi connectivity index (χ2v) is 12.4. The van der Waals surface area contributed by atoms with Crippen molar-refractivity contribution in [2.45, 2.75) is 66.7 Å². The van der Waals surface area contributed by atoms with Crippen LogP contribution in [-0.2, 0) is 47.7 Å². The van der Waals surface area contributed by atoms with Gasteiger partial charge in [0.2, 0.25) is 0 Å². The molecule has 190 valence electrons. The summed E-state index contributed by atoms with van der Waals surface area (Å²) in [5.41, 5.74) is -2.35. The van der Waals surface area contributed by atoms with E-state index < -0.39 is 67.7 Å². The molecule has 0 atom stereocenters. The molecular weight excluding hydrogens is 464 g/mol. The summed E-state index contributed by atoms with van der Waals surface area (Å²) in [5, 5.41) is 0. The number of unbranched alkanes of at least 4 members (excludes halogenated alkanes) is 3. The highest BCUT2D eigenvalue weighted by Gasteiger charge is 2.33. The van der Waals surface area contributed by atoms with Gasteiger partial charge in [-0.15, -0.1) is 0 Å². The lowest BCUT2D eigenvalue weighted by molar-refractivity contribution is -0.155. The molecule has 0 saturated heterocycles. The van der Waals surface area contributed by atoms with Crippen LogP contribution in [0.15, 0.2) is 0 Å². The van der Waals surface area contributed by atoms with Gasteiger partial charge >= 0.3 is 11.9 Å². The van der Waals surface area contributed by atoms with Gasteiger partial charge in [0.05, 0.1) is 49.3 Å². The second kappa shape index (κ2) is 13.5. The molecule has 12 heteroatoms. The van der Waals surface area contributed by atoms with Gasteiger partial charge in [0.25, 0.3) is 20.2 Å². The van der Waals surface area contributed by atoms with Crippen molar-refractivity contribution in [2.24, 2.45) is 10.8 Å². The first-order valence-corrected chi connectivity index (χ1v) is 13.7. The predicted octanol–water partition coefficient (Wildman–Crippen LogP) is 2.42. The zero-order valence-electron chi connectivity index (χ0n) is 20.0. The number of hydrogen-bond donors (Lipinski definition) is 0. The minimum Gasteiger partial charge on any atom is -0.469 e. The Morgan fingerprint density at radius 2 is 1.19 bits per heavy atom. The van der Waals surface area contributed by atoms with E-state index in [9.17, 15) is 26.4 Å². The molecule has 0 aliphatic rings. The third kappa shape index (κ3) is 12.7. The molecular formula is C20H38O10S2. The van der Waals surface area contributed by atoms with Gasteiger partial charge in [0.1, 0.15) is 0 Å². The van der Waals surface area contributed by atoms with Crippen LogP contribution in [0, 0.1) is 10.8 Å². The summed E-state index contributed by atoms with van der Waals surface area (Å²) in [5.74, 6) is -2.34. The Kier molecular flexibility index (Phi) is 12.9. The van der Waals surface area contributed by atoms with E-state index in [0.29, 0.717) is 0 Å². The summed E-state index contributed by atoms with van der Waals surface area (Å²) in [6, 6.07) is 0. The standard InChI is InChI=1S/C20H38O10S2/c1-7-8-9-10-12-28-18(22)20(4,5)16-30-32(25,26)14-11-13-31(23,24)29-15-19(2,3)17(21)27-6/h7-16H2,1-6H3. The van der Waals surface area contributed by atoms with Gasteiger partial charge < -0.3 is 9.47 Å². The minimum atomic E-state index is -4.07. The van der Waals surface area contributed by atoms with E-state index in [-0.39, 0.29) is 13.0 Å². The molecule has 0 aromatic heterocycles. The molecule has 0 unspecified atom stereocenters. The number of esters is 2. The van der Waals surface area contributed by atoms with Crippen LogP contribution in [0.1, 0.15) is 66.7 Å². The molecule has 0 N–H and O–H groups in total. The second-order valence-electron chi connectivity index (χ2n) is 8.86. The highest BCUT2D eigenvalue weighted by atomic mass is 32.2. The molecule has 0 rings (SSSR count). The Balaban J connectivity index is 4.49. The van der Waals surface area contributed by atoms with Gasteiger partial charge in [-0.05, 0) is 40.5 Å². The van der Waals surface area contributed by atoms with Crippen LogP contribution >= 0.6 is 0 Å². The van der Waals surface area contributed by atoms with Crippen molar-refractivity contribution in [2.75, 3.05) is 38.4 Å². The van der Waals surface area contributed by atoms with Crippen molar-refractivity contribution < 1.29 is 44.3 Å².